The van der Waals surface area contributed by atoms with Gasteiger partial charge >= 0.3 is 0 Å². The lowest BCUT2D eigenvalue weighted by Gasteiger charge is -2.10. The fourth-order valence-electron chi connectivity index (χ4n) is 2.50. The molecule has 2 aromatic carbocycles. The Balaban J connectivity index is 1.85. The molecule has 122 valence electrons. The largest absolute Gasteiger partial charge is 0.497 e. The predicted octanol–water partition coefficient (Wildman–Crippen LogP) is 4.93. The van der Waals surface area contributed by atoms with Crippen molar-refractivity contribution < 1.29 is 9.53 Å². The topological polar surface area (TPSA) is 38.3 Å². The van der Waals surface area contributed by atoms with Crippen LogP contribution in [0.3, 0.4) is 0 Å². The van der Waals surface area contributed by atoms with Crippen molar-refractivity contribution in [3.63, 3.8) is 0 Å². The number of hydrogen-bond donors (Lipinski definition) is 1. The number of halogens is 1. The zero-order valence-corrected chi connectivity index (χ0v) is 14.5. The van der Waals surface area contributed by atoms with E-state index in [1.807, 2.05) is 31.2 Å². The maximum atomic E-state index is 12.1. The molecule has 1 amide bonds. The zero-order valence-electron chi connectivity index (χ0n) is 13.8. The minimum absolute atomic E-state index is 0.0292. The van der Waals surface area contributed by atoms with Gasteiger partial charge in [-0.05, 0) is 73.7 Å². The summed E-state index contributed by atoms with van der Waals surface area (Å²) in [5.41, 5.74) is 4.23. The molecular formula is C19H22ClNO2. The zero-order chi connectivity index (χ0) is 16.8. The molecule has 0 aliphatic carbocycles. The second-order valence-corrected chi connectivity index (χ2v) is 6.09. The van der Waals surface area contributed by atoms with E-state index in [0.717, 1.165) is 29.8 Å². The Morgan fingerprint density at radius 1 is 1.13 bits per heavy atom. The summed E-state index contributed by atoms with van der Waals surface area (Å²) < 4.78 is 5.21. The summed E-state index contributed by atoms with van der Waals surface area (Å²) in [5.74, 6) is 0.892. The van der Waals surface area contributed by atoms with Crippen LogP contribution in [0.1, 0.15) is 29.5 Å². The molecule has 0 bridgehead atoms. The minimum Gasteiger partial charge on any atom is -0.497 e. The highest BCUT2D eigenvalue weighted by molar-refractivity contribution is 6.30. The first kappa shape index (κ1) is 17.4. The van der Waals surface area contributed by atoms with Crippen molar-refractivity contribution in [2.45, 2.75) is 33.1 Å². The number of carbonyl (C=O) groups is 1. The molecule has 23 heavy (non-hydrogen) atoms. The molecule has 0 spiro atoms. The van der Waals surface area contributed by atoms with Crippen LogP contribution in [0.4, 0.5) is 5.69 Å². The standard InChI is InChI=1S/C19H22ClNO2/c1-13-12-17(23-3)9-7-15(13)5-4-6-19(22)21-18-10-8-16(20)11-14(18)2/h7-12H,4-6H2,1-3H3,(H,21,22). The van der Waals surface area contributed by atoms with Crippen molar-refractivity contribution in [3.05, 3.63) is 58.1 Å². The van der Waals surface area contributed by atoms with Crippen molar-refractivity contribution in [1.29, 1.82) is 0 Å². The summed E-state index contributed by atoms with van der Waals surface area (Å²) in [5, 5.41) is 3.62. The third-order valence-corrected chi connectivity index (χ3v) is 4.10. The lowest BCUT2D eigenvalue weighted by molar-refractivity contribution is -0.116. The van der Waals surface area contributed by atoms with Crippen LogP contribution >= 0.6 is 11.6 Å². The monoisotopic (exact) mass is 331 g/mol. The second kappa shape index (κ2) is 8.02. The number of hydrogen-bond acceptors (Lipinski definition) is 2. The van der Waals surface area contributed by atoms with Crippen LogP contribution in [0.2, 0.25) is 5.02 Å². The fraction of sp³-hybridized carbons (Fsp3) is 0.316. The molecule has 2 aromatic rings. The van der Waals surface area contributed by atoms with Gasteiger partial charge in [0.2, 0.25) is 5.91 Å². The summed E-state index contributed by atoms with van der Waals surface area (Å²) >= 11 is 5.92. The molecule has 0 saturated heterocycles. The van der Waals surface area contributed by atoms with Gasteiger partial charge in [-0.3, -0.25) is 4.79 Å². The Labute approximate surface area is 142 Å². The maximum Gasteiger partial charge on any atom is 0.224 e. The van der Waals surface area contributed by atoms with Gasteiger partial charge in [-0.1, -0.05) is 17.7 Å². The summed E-state index contributed by atoms with van der Waals surface area (Å²) in [4.78, 5) is 12.1. The summed E-state index contributed by atoms with van der Waals surface area (Å²) in [6.45, 7) is 4.00. The van der Waals surface area contributed by atoms with E-state index in [-0.39, 0.29) is 5.91 Å². The molecule has 1 N–H and O–H groups in total. The number of rotatable bonds is 6. The molecule has 0 radical (unpaired) electrons. The summed E-state index contributed by atoms with van der Waals surface area (Å²) in [6, 6.07) is 11.5. The number of nitrogens with one attached hydrogen (secondary N) is 1. The number of anilines is 1. The molecule has 0 aromatic heterocycles. The molecule has 0 saturated carbocycles. The normalized spacial score (nSPS) is 10.4. The Kier molecular flexibility index (Phi) is 6.05. The van der Waals surface area contributed by atoms with Crippen LogP contribution < -0.4 is 10.1 Å². The van der Waals surface area contributed by atoms with E-state index in [1.54, 1.807) is 13.2 Å². The van der Waals surface area contributed by atoms with Crippen molar-refractivity contribution in [3.8, 4) is 5.75 Å². The molecule has 2 rings (SSSR count). The summed E-state index contributed by atoms with van der Waals surface area (Å²) in [7, 11) is 1.66. The van der Waals surface area contributed by atoms with Crippen molar-refractivity contribution in [2.24, 2.45) is 0 Å². The van der Waals surface area contributed by atoms with Gasteiger partial charge in [0, 0.05) is 17.1 Å². The highest BCUT2D eigenvalue weighted by Crippen LogP contribution is 2.21. The number of ether oxygens (including phenoxy) is 1. The van der Waals surface area contributed by atoms with E-state index >= 15 is 0 Å². The predicted molar refractivity (Wildman–Crippen MR) is 95.5 cm³/mol. The number of carbonyl (C=O) groups excluding carboxylic acids is 1. The van der Waals surface area contributed by atoms with Crippen molar-refractivity contribution >= 4 is 23.2 Å². The smallest absolute Gasteiger partial charge is 0.224 e. The first-order valence-corrected chi connectivity index (χ1v) is 8.07. The van der Waals surface area contributed by atoms with Gasteiger partial charge < -0.3 is 10.1 Å². The molecule has 0 unspecified atom stereocenters. The third-order valence-electron chi connectivity index (χ3n) is 3.86. The Morgan fingerprint density at radius 3 is 2.57 bits per heavy atom. The SMILES string of the molecule is COc1ccc(CCCC(=O)Nc2ccc(Cl)cc2C)c(C)c1. The van der Waals surface area contributed by atoms with E-state index in [2.05, 4.69) is 18.3 Å². The molecule has 3 nitrogen and oxygen atoms in total. The van der Waals surface area contributed by atoms with Gasteiger partial charge in [0.15, 0.2) is 0 Å². The minimum atomic E-state index is 0.0292. The van der Waals surface area contributed by atoms with Crippen molar-refractivity contribution in [2.75, 3.05) is 12.4 Å². The van der Waals surface area contributed by atoms with Crippen molar-refractivity contribution in [1.82, 2.24) is 0 Å². The van der Waals surface area contributed by atoms with Gasteiger partial charge in [-0.25, -0.2) is 0 Å². The highest BCUT2D eigenvalue weighted by Gasteiger charge is 2.06. The lowest BCUT2D eigenvalue weighted by atomic mass is 10.0. The fourth-order valence-corrected chi connectivity index (χ4v) is 2.72. The quantitative estimate of drug-likeness (QED) is 0.815. The molecule has 0 fully saturated rings. The first-order chi connectivity index (χ1) is 11.0. The number of amides is 1. The molecule has 0 atom stereocenters. The van der Waals surface area contributed by atoms with E-state index in [9.17, 15) is 4.79 Å². The van der Waals surface area contributed by atoms with Gasteiger partial charge in [-0.15, -0.1) is 0 Å². The van der Waals surface area contributed by atoms with Crippen LogP contribution in [0.15, 0.2) is 36.4 Å². The Morgan fingerprint density at radius 2 is 1.91 bits per heavy atom. The maximum absolute atomic E-state index is 12.1. The molecule has 0 heterocycles. The molecule has 4 heteroatoms. The van der Waals surface area contributed by atoms with Crippen LogP contribution in [-0.2, 0) is 11.2 Å². The van der Waals surface area contributed by atoms with Gasteiger partial charge in [0.25, 0.3) is 0 Å². The van der Waals surface area contributed by atoms with Crippen LogP contribution in [0.5, 0.6) is 5.75 Å². The molecule has 0 aliphatic heterocycles. The van der Waals surface area contributed by atoms with Crippen LogP contribution in [0, 0.1) is 13.8 Å². The van der Waals surface area contributed by atoms with Gasteiger partial charge in [-0.2, -0.15) is 0 Å². The van der Waals surface area contributed by atoms with E-state index in [1.165, 1.54) is 11.1 Å². The highest BCUT2D eigenvalue weighted by atomic mass is 35.5. The van der Waals surface area contributed by atoms with Gasteiger partial charge in [0.05, 0.1) is 7.11 Å². The molecular weight excluding hydrogens is 310 g/mol. The first-order valence-electron chi connectivity index (χ1n) is 7.69. The third kappa shape index (κ3) is 5.00. The van der Waals surface area contributed by atoms with Crippen LogP contribution in [-0.4, -0.2) is 13.0 Å². The molecule has 0 aliphatic rings. The van der Waals surface area contributed by atoms with Crippen LogP contribution in [0.25, 0.3) is 0 Å². The number of methoxy groups -OCH3 is 1. The lowest BCUT2D eigenvalue weighted by Crippen LogP contribution is -2.12. The number of benzene rings is 2. The van der Waals surface area contributed by atoms with E-state index in [4.69, 9.17) is 16.3 Å². The second-order valence-electron chi connectivity index (χ2n) is 5.65. The van der Waals surface area contributed by atoms with Gasteiger partial charge in [0.1, 0.15) is 5.75 Å². The number of aryl methyl sites for hydroxylation is 3. The Bertz CT molecular complexity index is 698. The van der Waals surface area contributed by atoms with E-state index < -0.39 is 0 Å². The van der Waals surface area contributed by atoms with E-state index in [0.29, 0.717) is 11.4 Å². The summed E-state index contributed by atoms with van der Waals surface area (Å²) in [6.07, 6.45) is 2.18. The average molecular weight is 332 g/mol. The Hall–Kier alpha value is -2.00. The average Bonchev–Trinajstić information content (AvgIpc) is 2.51.